The number of thioether (sulfide) groups is 1. The molecule has 0 saturated carbocycles. The molecule has 0 amide bonds. The van der Waals surface area contributed by atoms with E-state index in [2.05, 4.69) is 18.7 Å². The summed E-state index contributed by atoms with van der Waals surface area (Å²) in [6.45, 7) is 7.07. The van der Waals surface area contributed by atoms with Gasteiger partial charge in [0.1, 0.15) is 0 Å². The van der Waals surface area contributed by atoms with Crippen LogP contribution >= 0.6 is 11.8 Å². The van der Waals surface area contributed by atoms with Gasteiger partial charge in [-0.25, -0.2) is 0 Å². The van der Waals surface area contributed by atoms with Crippen LogP contribution in [0.1, 0.15) is 24.2 Å². The molecule has 1 aliphatic heterocycles. The van der Waals surface area contributed by atoms with Crippen LogP contribution in [0.2, 0.25) is 0 Å². The Morgan fingerprint density at radius 1 is 1.24 bits per heavy atom. The summed E-state index contributed by atoms with van der Waals surface area (Å²) in [7, 11) is 0. The van der Waals surface area contributed by atoms with Crippen molar-refractivity contribution in [1.29, 1.82) is 0 Å². The molecular weight excluding hydrogens is 230 g/mol. The van der Waals surface area contributed by atoms with Gasteiger partial charge in [0.05, 0.1) is 6.54 Å². The van der Waals surface area contributed by atoms with Gasteiger partial charge in [-0.1, -0.05) is 44.2 Å². The SMILES string of the molecule is CC1CN(CC(=O)c2ccccc2)CC(C)S1. The van der Waals surface area contributed by atoms with Gasteiger partial charge in [0, 0.05) is 29.2 Å². The molecule has 1 heterocycles. The lowest BCUT2D eigenvalue weighted by Crippen LogP contribution is -2.42. The maximum absolute atomic E-state index is 12.1. The zero-order chi connectivity index (χ0) is 12.3. The van der Waals surface area contributed by atoms with Crippen molar-refractivity contribution in [2.24, 2.45) is 0 Å². The maximum Gasteiger partial charge on any atom is 0.176 e. The number of carbonyl (C=O) groups is 1. The standard InChI is InChI=1S/C14H19NOS/c1-11-8-15(9-12(2)17-11)10-14(16)13-6-4-3-5-7-13/h3-7,11-12H,8-10H2,1-2H3. The number of nitrogens with zero attached hydrogens (tertiary/aromatic N) is 1. The van der Waals surface area contributed by atoms with Crippen LogP contribution in [0.3, 0.4) is 0 Å². The second-order valence-electron chi connectivity index (χ2n) is 4.74. The molecule has 2 unspecified atom stereocenters. The van der Waals surface area contributed by atoms with Crippen molar-refractivity contribution in [1.82, 2.24) is 4.90 Å². The van der Waals surface area contributed by atoms with Crippen molar-refractivity contribution in [2.75, 3.05) is 19.6 Å². The number of hydrogen-bond acceptors (Lipinski definition) is 3. The van der Waals surface area contributed by atoms with Crippen molar-refractivity contribution in [3.05, 3.63) is 35.9 Å². The molecule has 1 aliphatic rings. The molecule has 92 valence electrons. The molecule has 0 radical (unpaired) electrons. The van der Waals surface area contributed by atoms with E-state index in [1.54, 1.807) is 0 Å². The molecule has 1 fully saturated rings. The highest BCUT2D eigenvalue weighted by Gasteiger charge is 2.23. The van der Waals surface area contributed by atoms with E-state index in [1.807, 2.05) is 42.1 Å². The van der Waals surface area contributed by atoms with Crippen molar-refractivity contribution in [3.63, 3.8) is 0 Å². The predicted octanol–water partition coefficient (Wildman–Crippen LogP) is 2.70. The number of hydrogen-bond donors (Lipinski definition) is 0. The molecule has 3 heteroatoms. The largest absolute Gasteiger partial charge is 0.294 e. The second kappa shape index (κ2) is 5.69. The van der Waals surface area contributed by atoms with Gasteiger partial charge < -0.3 is 0 Å². The molecule has 1 saturated heterocycles. The molecule has 0 bridgehead atoms. The maximum atomic E-state index is 12.1. The number of ketones is 1. The minimum absolute atomic E-state index is 0.233. The second-order valence-corrected chi connectivity index (χ2v) is 6.62. The Morgan fingerprint density at radius 2 is 1.82 bits per heavy atom. The van der Waals surface area contributed by atoms with E-state index in [0.717, 1.165) is 18.7 Å². The Labute approximate surface area is 107 Å². The van der Waals surface area contributed by atoms with E-state index in [-0.39, 0.29) is 5.78 Å². The molecule has 2 rings (SSSR count). The third-order valence-electron chi connectivity index (χ3n) is 2.96. The van der Waals surface area contributed by atoms with E-state index in [0.29, 0.717) is 17.0 Å². The molecule has 2 atom stereocenters. The van der Waals surface area contributed by atoms with Crippen molar-refractivity contribution >= 4 is 17.5 Å². The summed E-state index contributed by atoms with van der Waals surface area (Å²) in [6.07, 6.45) is 0. The van der Waals surface area contributed by atoms with Gasteiger partial charge >= 0.3 is 0 Å². The molecule has 0 N–H and O–H groups in total. The molecule has 1 aromatic rings. The summed E-state index contributed by atoms with van der Waals surface area (Å²) in [6, 6.07) is 9.58. The zero-order valence-corrected chi connectivity index (χ0v) is 11.2. The molecule has 1 aromatic carbocycles. The monoisotopic (exact) mass is 249 g/mol. The molecular formula is C14H19NOS. The summed E-state index contributed by atoms with van der Waals surface area (Å²) < 4.78 is 0. The van der Waals surface area contributed by atoms with Crippen LogP contribution in [-0.2, 0) is 0 Å². The zero-order valence-electron chi connectivity index (χ0n) is 10.4. The summed E-state index contributed by atoms with van der Waals surface area (Å²) in [5.41, 5.74) is 0.825. The molecule has 17 heavy (non-hydrogen) atoms. The van der Waals surface area contributed by atoms with E-state index < -0.39 is 0 Å². The fourth-order valence-electron chi connectivity index (χ4n) is 2.33. The topological polar surface area (TPSA) is 20.3 Å². The van der Waals surface area contributed by atoms with Crippen LogP contribution in [0, 0.1) is 0 Å². The van der Waals surface area contributed by atoms with Crippen LogP contribution in [0.4, 0.5) is 0 Å². The summed E-state index contributed by atoms with van der Waals surface area (Å²) in [5, 5.41) is 1.25. The normalized spacial score (nSPS) is 25.8. The summed E-state index contributed by atoms with van der Waals surface area (Å²) in [5.74, 6) is 0.233. The smallest absolute Gasteiger partial charge is 0.176 e. The fourth-order valence-corrected chi connectivity index (χ4v) is 3.72. The lowest BCUT2D eigenvalue weighted by molar-refractivity contribution is 0.0930. The number of carbonyl (C=O) groups excluding carboxylic acids is 1. The third-order valence-corrected chi connectivity index (χ3v) is 4.19. The first-order chi connectivity index (χ1) is 8.15. The van der Waals surface area contributed by atoms with Gasteiger partial charge in [0.25, 0.3) is 0 Å². The van der Waals surface area contributed by atoms with Crippen LogP contribution in [0.5, 0.6) is 0 Å². The van der Waals surface area contributed by atoms with Gasteiger partial charge in [-0.3, -0.25) is 9.69 Å². The highest BCUT2D eigenvalue weighted by Crippen LogP contribution is 2.24. The Balaban J connectivity index is 1.95. The molecule has 0 spiro atoms. The average molecular weight is 249 g/mol. The quantitative estimate of drug-likeness (QED) is 0.768. The van der Waals surface area contributed by atoms with E-state index in [1.165, 1.54) is 0 Å². The predicted molar refractivity (Wildman–Crippen MR) is 73.7 cm³/mol. The Hall–Kier alpha value is -0.800. The van der Waals surface area contributed by atoms with Gasteiger partial charge in [-0.2, -0.15) is 11.8 Å². The first-order valence-corrected chi connectivity index (χ1v) is 7.05. The van der Waals surface area contributed by atoms with Gasteiger partial charge in [-0.05, 0) is 0 Å². The minimum Gasteiger partial charge on any atom is -0.294 e. The van der Waals surface area contributed by atoms with E-state index in [9.17, 15) is 4.79 Å². The van der Waals surface area contributed by atoms with Crippen molar-refractivity contribution in [3.8, 4) is 0 Å². The van der Waals surface area contributed by atoms with Gasteiger partial charge in [-0.15, -0.1) is 0 Å². The lowest BCUT2D eigenvalue weighted by atomic mass is 10.1. The minimum atomic E-state index is 0.233. The first kappa shape index (κ1) is 12.7. The van der Waals surface area contributed by atoms with E-state index in [4.69, 9.17) is 0 Å². The van der Waals surface area contributed by atoms with Crippen LogP contribution in [0.25, 0.3) is 0 Å². The third kappa shape index (κ3) is 3.58. The first-order valence-electron chi connectivity index (χ1n) is 6.11. The number of rotatable bonds is 3. The summed E-state index contributed by atoms with van der Waals surface area (Å²) >= 11 is 2.01. The highest BCUT2D eigenvalue weighted by atomic mass is 32.2. The van der Waals surface area contributed by atoms with Crippen molar-refractivity contribution < 1.29 is 4.79 Å². The Morgan fingerprint density at radius 3 is 2.41 bits per heavy atom. The molecule has 2 nitrogen and oxygen atoms in total. The molecule has 0 aromatic heterocycles. The fraction of sp³-hybridized carbons (Fsp3) is 0.500. The molecule has 0 aliphatic carbocycles. The lowest BCUT2D eigenvalue weighted by Gasteiger charge is -2.34. The number of benzene rings is 1. The highest BCUT2D eigenvalue weighted by molar-refractivity contribution is 8.00. The number of Topliss-reactive ketones (excluding diaryl/α,β-unsaturated/α-hetero) is 1. The van der Waals surface area contributed by atoms with Gasteiger partial charge in [0.15, 0.2) is 5.78 Å². The van der Waals surface area contributed by atoms with Crippen LogP contribution in [-0.4, -0.2) is 40.8 Å². The van der Waals surface area contributed by atoms with Crippen molar-refractivity contribution in [2.45, 2.75) is 24.3 Å². The van der Waals surface area contributed by atoms with Crippen LogP contribution < -0.4 is 0 Å². The Kier molecular flexibility index (Phi) is 4.24. The van der Waals surface area contributed by atoms with E-state index >= 15 is 0 Å². The summed E-state index contributed by atoms with van der Waals surface area (Å²) in [4.78, 5) is 14.4. The Bertz CT molecular complexity index is 369. The van der Waals surface area contributed by atoms with Crippen LogP contribution in [0.15, 0.2) is 30.3 Å². The van der Waals surface area contributed by atoms with Gasteiger partial charge in [0.2, 0.25) is 0 Å². The average Bonchev–Trinajstić information content (AvgIpc) is 2.28.